The average molecular weight is 263 g/mol. The number of para-hydroxylation sites is 1. The van der Waals surface area contributed by atoms with Gasteiger partial charge in [0, 0.05) is 5.22 Å². The number of nitrogens with zero attached hydrogens (tertiary/aromatic N) is 3. The maximum atomic E-state index is 10.3. The molecule has 0 spiro atoms. The van der Waals surface area contributed by atoms with Gasteiger partial charge in [-0.2, -0.15) is 5.26 Å². The van der Waals surface area contributed by atoms with Crippen LogP contribution in [0.5, 0.6) is 0 Å². The van der Waals surface area contributed by atoms with E-state index >= 15 is 0 Å². The summed E-state index contributed by atoms with van der Waals surface area (Å²) in [5, 5.41) is 22.1. The van der Waals surface area contributed by atoms with Crippen LogP contribution >= 0.6 is 0 Å². The normalized spacial score (nSPS) is 17.1. The van der Waals surface area contributed by atoms with Crippen molar-refractivity contribution < 1.29 is 5.21 Å². The Hall–Kier alpha value is -2.64. The van der Waals surface area contributed by atoms with E-state index in [1.54, 1.807) is 12.1 Å². The van der Waals surface area contributed by atoms with Gasteiger partial charge in [-0.1, -0.05) is 30.3 Å². The highest BCUT2D eigenvalue weighted by Crippen LogP contribution is 2.25. The average Bonchev–Trinajstić information content (AvgIpc) is 2.51. The van der Waals surface area contributed by atoms with Gasteiger partial charge in [-0.3, -0.25) is 10.2 Å². The molecule has 1 aliphatic heterocycles. The molecule has 0 amide bonds. The zero-order valence-electron chi connectivity index (χ0n) is 11.0. The van der Waals surface area contributed by atoms with Gasteiger partial charge >= 0.3 is 0 Å². The predicted octanol–water partition coefficient (Wildman–Crippen LogP) is 1.71. The minimum atomic E-state index is -0.474. The number of fused-ring (bicyclic) bond motifs is 1. The van der Waals surface area contributed by atoms with Crippen LogP contribution in [0.1, 0.15) is 24.2 Å². The molecule has 2 aromatic carbocycles. The highest BCUT2D eigenvalue weighted by molar-refractivity contribution is 5.42. The zero-order valence-corrected chi connectivity index (χ0v) is 11.0. The van der Waals surface area contributed by atoms with E-state index in [1.807, 2.05) is 43.3 Å². The van der Waals surface area contributed by atoms with Crippen molar-refractivity contribution in [1.82, 2.24) is 5.06 Å². The van der Waals surface area contributed by atoms with Gasteiger partial charge in [0.25, 0.3) is 0 Å². The lowest BCUT2D eigenvalue weighted by Crippen LogP contribution is -2.39. The van der Waals surface area contributed by atoms with Crippen LogP contribution in [0.4, 0.5) is 0 Å². The number of hydroxylamine groups is 2. The van der Waals surface area contributed by atoms with Gasteiger partial charge in [-0.05, 0) is 30.7 Å². The predicted molar refractivity (Wildman–Crippen MR) is 73.8 cm³/mol. The van der Waals surface area contributed by atoms with Crippen LogP contribution in [0.2, 0.25) is 0 Å². The van der Waals surface area contributed by atoms with E-state index in [1.165, 1.54) is 5.06 Å². The first-order chi connectivity index (χ1) is 9.70. The molecule has 0 fully saturated rings. The zero-order chi connectivity index (χ0) is 14.1. The molecule has 0 saturated carbocycles. The van der Waals surface area contributed by atoms with Crippen LogP contribution in [0.25, 0.3) is 5.70 Å². The fourth-order valence-electron chi connectivity index (χ4n) is 2.33. The summed E-state index contributed by atoms with van der Waals surface area (Å²) in [7, 11) is 0. The van der Waals surface area contributed by atoms with Gasteiger partial charge in [0.2, 0.25) is 0 Å². The van der Waals surface area contributed by atoms with E-state index in [0.29, 0.717) is 5.56 Å². The summed E-state index contributed by atoms with van der Waals surface area (Å²) in [5.41, 5.74) is 2.21. The Kier molecular flexibility index (Phi) is 2.97. The second-order valence-corrected chi connectivity index (χ2v) is 4.68. The molecule has 1 heterocycles. The Morgan fingerprint density at radius 2 is 1.85 bits per heavy atom. The van der Waals surface area contributed by atoms with Gasteiger partial charge in [0.1, 0.15) is 0 Å². The van der Waals surface area contributed by atoms with Crippen molar-refractivity contribution >= 4 is 5.70 Å². The van der Waals surface area contributed by atoms with E-state index in [0.717, 1.165) is 21.8 Å². The molecule has 4 nitrogen and oxygen atoms in total. The number of nitriles is 1. The van der Waals surface area contributed by atoms with Crippen molar-refractivity contribution in [1.29, 1.82) is 5.26 Å². The van der Waals surface area contributed by atoms with Gasteiger partial charge in [0.15, 0.2) is 6.17 Å². The molecule has 0 aromatic heterocycles. The molecule has 4 heteroatoms. The van der Waals surface area contributed by atoms with Gasteiger partial charge in [0.05, 0.1) is 22.7 Å². The lowest BCUT2D eigenvalue weighted by atomic mass is 10.1. The van der Waals surface area contributed by atoms with Crippen molar-refractivity contribution in [2.24, 2.45) is 4.99 Å². The second-order valence-electron chi connectivity index (χ2n) is 4.68. The van der Waals surface area contributed by atoms with Gasteiger partial charge in [-0.15, -0.1) is 0 Å². The molecule has 3 rings (SSSR count). The fourth-order valence-corrected chi connectivity index (χ4v) is 2.33. The Morgan fingerprint density at radius 3 is 2.55 bits per heavy atom. The van der Waals surface area contributed by atoms with E-state index in [-0.39, 0.29) is 0 Å². The lowest BCUT2D eigenvalue weighted by Gasteiger charge is -2.28. The Bertz CT molecular complexity index is 803. The van der Waals surface area contributed by atoms with Crippen molar-refractivity contribution in [2.45, 2.75) is 13.1 Å². The lowest BCUT2D eigenvalue weighted by molar-refractivity contribution is -0.0706. The highest BCUT2D eigenvalue weighted by Gasteiger charge is 2.21. The SMILES string of the molecule is CC1=c2ccccc2=NC(c2ccc(C#N)cc2)N1O. The summed E-state index contributed by atoms with van der Waals surface area (Å²) in [6.45, 7) is 1.87. The largest absolute Gasteiger partial charge is 0.286 e. The van der Waals surface area contributed by atoms with Crippen LogP contribution in [0.3, 0.4) is 0 Å². The molecule has 2 aromatic rings. The third kappa shape index (κ3) is 1.94. The molecule has 0 radical (unpaired) electrons. The number of benzene rings is 2. The summed E-state index contributed by atoms with van der Waals surface area (Å²) in [6.07, 6.45) is -0.474. The van der Waals surface area contributed by atoms with Crippen molar-refractivity contribution in [2.75, 3.05) is 0 Å². The second kappa shape index (κ2) is 4.80. The summed E-state index contributed by atoms with van der Waals surface area (Å²) < 4.78 is 0. The fraction of sp³-hybridized carbons (Fsp3) is 0.125. The highest BCUT2D eigenvalue weighted by atomic mass is 16.5. The Labute approximate surface area is 116 Å². The minimum absolute atomic E-state index is 0.474. The van der Waals surface area contributed by atoms with Crippen LogP contribution in [-0.4, -0.2) is 10.3 Å². The van der Waals surface area contributed by atoms with E-state index in [9.17, 15) is 5.21 Å². The molecule has 0 saturated heterocycles. The molecule has 1 N–H and O–H groups in total. The first kappa shape index (κ1) is 12.4. The Balaban J connectivity index is 2.12. The van der Waals surface area contributed by atoms with E-state index < -0.39 is 6.17 Å². The van der Waals surface area contributed by atoms with Crippen LogP contribution in [0, 0.1) is 11.3 Å². The smallest absolute Gasteiger partial charge is 0.171 e. The van der Waals surface area contributed by atoms with Crippen molar-refractivity contribution in [3.63, 3.8) is 0 Å². The van der Waals surface area contributed by atoms with Crippen LogP contribution in [-0.2, 0) is 0 Å². The molecule has 0 aliphatic carbocycles. The maximum Gasteiger partial charge on any atom is 0.171 e. The molecular formula is C16H13N3O. The number of hydrogen-bond donors (Lipinski definition) is 1. The molecule has 98 valence electrons. The standard InChI is InChI=1S/C16H13N3O/c1-11-14-4-2-3-5-15(14)18-16(19(11)20)13-8-6-12(10-17)7-9-13/h2-9,16,20H,1H3. The molecule has 20 heavy (non-hydrogen) atoms. The number of rotatable bonds is 1. The quantitative estimate of drug-likeness (QED) is 0.852. The third-order valence-electron chi connectivity index (χ3n) is 3.47. The van der Waals surface area contributed by atoms with Gasteiger partial charge < -0.3 is 0 Å². The summed E-state index contributed by atoms with van der Waals surface area (Å²) in [4.78, 5) is 4.57. The summed E-state index contributed by atoms with van der Waals surface area (Å²) in [5.74, 6) is 0. The Morgan fingerprint density at radius 1 is 1.15 bits per heavy atom. The maximum absolute atomic E-state index is 10.3. The molecule has 0 bridgehead atoms. The van der Waals surface area contributed by atoms with Crippen LogP contribution < -0.4 is 10.6 Å². The molecule has 1 atom stereocenters. The first-order valence-corrected chi connectivity index (χ1v) is 6.32. The molecule has 1 unspecified atom stereocenters. The van der Waals surface area contributed by atoms with Crippen molar-refractivity contribution in [3.05, 3.63) is 70.2 Å². The number of hydrogen-bond acceptors (Lipinski definition) is 4. The topological polar surface area (TPSA) is 59.6 Å². The van der Waals surface area contributed by atoms with Gasteiger partial charge in [-0.25, -0.2) is 5.06 Å². The van der Waals surface area contributed by atoms with Crippen molar-refractivity contribution in [3.8, 4) is 6.07 Å². The summed E-state index contributed by atoms with van der Waals surface area (Å²) >= 11 is 0. The first-order valence-electron chi connectivity index (χ1n) is 6.32. The van der Waals surface area contributed by atoms with E-state index in [2.05, 4.69) is 11.1 Å². The third-order valence-corrected chi connectivity index (χ3v) is 3.47. The van der Waals surface area contributed by atoms with E-state index in [4.69, 9.17) is 5.26 Å². The molecular weight excluding hydrogens is 250 g/mol. The van der Waals surface area contributed by atoms with Crippen LogP contribution in [0.15, 0.2) is 53.5 Å². The summed E-state index contributed by atoms with van der Waals surface area (Å²) in [6, 6.07) is 16.9. The minimum Gasteiger partial charge on any atom is -0.286 e. The molecule has 1 aliphatic rings. The monoisotopic (exact) mass is 263 g/mol.